The maximum atomic E-state index is 13.1. The van der Waals surface area contributed by atoms with Gasteiger partial charge < -0.3 is 10.4 Å². The maximum absolute atomic E-state index is 13.1. The van der Waals surface area contributed by atoms with Crippen molar-refractivity contribution in [1.82, 2.24) is 4.90 Å². The predicted molar refractivity (Wildman–Crippen MR) is 110 cm³/mol. The molecule has 0 radical (unpaired) electrons. The van der Waals surface area contributed by atoms with E-state index in [0.717, 1.165) is 10.0 Å². The first kappa shape index (κ1) is 21.5. The van der Waals surface area contributed by atoms with Gasteiger partial charge >= 0.3 is 0 Å². The molecule has 27 heavy (non-hydrogen) atoms. The summed E-state index contributed by atoms with van der Waals surface area (Å²) in [5, 5.41) is 13.4. The zero-order chi connectivity index (χ0) is 20.0. The van der Waals surface area contributed by atoms with E-state index in [1.165, 1.54) is 12.1 Å². The van der Waals surface area contributed by atoms with Crippen molar-refractivity contribution >= 4 is 27.5 Å². The number of rotatable bonds is 8. The number of benzene rings is 2. The lowest BCUT2D eigenvalue weighted by Gasteiger charge is -2.26. The van der Waals surface area contributed by atoms with Gasteiger partial charge in [0.05, 0.1) is 18.3 Å². The lowest BCUT2D eigenvalue weighted by atomic mass is 10.1. The molecule has 0 saturated carbocycles. The first-order valence-corrected chi connectivity index (χ1v) is 9.75. The maximum Gasteiger partial charge on any atom is 0.238 e. The van der Waals surface area contributed by atoms with Gasteiger partial charge in [-0.1, -0.05) is 32.0 Å². The van der Waals surface area contributed by atoms with Crippen molar-refractivity contribution in [2.75, 3.05) is 25.0 Å². The van der Waals surface area contributed by atoms with Crippen LogP contribution in [0.3, 0.4) is 0 Å². The fourth-order valence-electron chi connectivity index (χ4n) is 2.87. The number of carbonyl (C=O) groups is 1. The summed E-state index contributed by atoms with van der Waals surface area (Å²) in [5.41, 5.74) is 2.45. The number of hydrogen-bond donors (Lipinski definition) is 2. The Bertz CT molecular complexity index is 765. The molecule has 0 saturated heterocycles. The molecule has 0 spiro atoms. The summed E-state index contributed by atoms with van der Waals surface area (Å²) in [7, 11) is 0. The standard InChI is InChI=1S/C21H26BrFN2O2/c1-14(2)11-25(12-20(26)16-5-7-17(23)8-6-16)13-21(27)24-19-9-4-15(3)10-18(19)22/h4-10,14,20,26H,11-13H2,1-3H3,(H,24,27). The van der Waals surface area contributed by atoms with Gasteiger partial charge in [0.1, 0.15) is 5.82 Å². The number of carbonyl (C=O) groups excluding carboxylic acids is 1. The van der Waals surface area contributed by atoms with Crippen molar-refractivity contribution in [2.24, 2.45) is 5.92 Å². The smallest absolute Gasteiger partial charge is 0.238 e. The Hall–Kier alpha value is -1.76. The molecule has 0 fully saturated rings. The van der Waals surface area contributed by atoms with Gasteiger partial charge in [-0.05, 0) is 64.2 Å². The number of nitrogens with one attached hydrogen (secondary N) is 1. The van der Waals surface area contributed by atoms with Crippen LogP contribution < -0.4 is 5.32 Å². The lowest BCUT2D eigenvalue weighted by Crippen LogP contribution is -2.38. The van der Waals surface area contributed by atoms with Gasteiger partial charge in [0.25, 0.3) is 0 Å². The number of hydrogen-bond acceptors (Lipinski definition) is 3. The fraction of sp³-hybridized carbons (Fsp3) is 0.381. The molecule has 2 aromatic rings. The first-order chi connectivity index (χ1) is 12.7. The molecule has 0 aromatic heterocycles. The van der Waals surface area contributed by atoms with Crippen LogP contribution in [0, 0.1) is 18.7 Å². The molecule has 2 N–H and O–H groups in total. The topological polar surface area (TPSA) is 52.6 Å². The highest BCUT2D eigenvalue weighted by molar-refractivity contribution is 9.10. The highest BCUT2D eigenvalue weighted by Crippen LogP contribution is 2.23. The van der Waals surface area contributed by atoms with Crippen LogP contribution in [0.25, 0.3) is 0 Å². The van der Waals surface area contributed by atoms with E-state index in [2.05, 4.69) is 35.1 Å². The summed E-state index contributed by atoms with van der Waals surface area (Å²) in [4.78, 5) is 14.4. The van der Waals surface area contributed by atoms with Crippen LogP contribution in [0.5, 0.6) is 0 Å². The van der Waals surface area contributed by atoms with Crippen molar-refractivity contribution in [2.45, 2.75) is 26.9 Å². The average molecular weight is 437 g/mol. The van der Waals surface area contributed by atoms with E-state index < -0.39 is 6.10 Å². The van der Waals surface area contributed by atoms with Gasteiger partial charge in [-0.15, -0.1) is 0 Å². The lowest BCUT2D eigenvalue weighted by molar-refractivity contribution is -0.117. The van der Waals surface area contributed by atoms with E-state index in [1.54, 1.807) is 12.1 Å². The van der Waals surface area contributed by atoms with Crippen molar-refractivity contribution in [3.63, 3.8) is 0 Å². The van der Waals surface area contributed by atoms with Crippen LogP contribution in [0.1, 0.15) is 31.1 Å². The molecule has 0 aliphatic carbocycles. The Morgan fingerprint density at radius 1 is 1.19 bits per heavy atom. The van der Waals surface area contributed by atoms with Crippen molar-refractivity contribution in [1.29, 1.82) is 0 Å². The van der Waals surface area contributed by atoms with Gasteiger partial charge in [-0.2, -0.15) is 0 Å². The zero-order valence-electron chi connectivity index (χ0n) is 15.9. The molecule has 0 bridgehead atoms. The molecule has 1 amide bonds. The van der Waals surface area contributed by atoms with E-state index in [4.69, 9.17) is 0 Å². The third-order valence-corrected chi connectivity index (χ3v) is 4.73. The fourth-order valence-corrected chi connectivity index (χ4v) is 3.46. The molecule has 4 nitrogen and oxygen atoms in total. The summed E-state index contributed by atoms with van der Waals surface area (Å²) < 4.78 is 13.9. The van der Waals surface area contributed by atoms with Gasteiger partial charge in [0.15, 0.2) is 0 Å². The normalized spacial score (nSPS) is 12.4. The van der Waals surface area contributed by atoms with E-state index in [1.807, 2.05) is 30.0 Å². The Morgan fingerprint density at radius 3 is 2.44 bits per heavy atom. The molecular formula is C21H26BrFN2O2. The number of aliphatic hydroxyl groups is 1. The summed E-state index contributed by atoms with van der Waals surface area (Å²) in [6.07, 6.45) is -0.789. The SMILES string of the molecule is Cc1ccc(NC(=O)CN(CC(C)C)CC(O)c2ccc(F)cc2)c(Br)c1. The highest BCUT2D eigenvalue weighted by atomic mass is 79.9. The Morgan fingerprint density at radius 2 is 1.85 bits per heavy atom. The number of halogens is 2. The van der Waals surface area contributed by atoms with E-state index in [9.17, 15) is 14.3 Å². The minimum Gasteiger partial charge on any atom is -0.387 e. The van der Waals surface area contributed by atoms with Gasteiger partial charge in [-0.3, -0.25) is 9.69 Å². The van der Waals surface area contributed by atoms with Crippen LogP contribution in [0.4, 0.5) is 10.1 Å². The summed E-state index contributed by atoms with van der Waals surface area (Å²) >= 11 is 3.46. The second-order valence-electron chi connectivity index (χ2n) is 7.19. The largest absolute Gasteiger partial charge is 0.387 e. The van der Waals surface area contributed by atoms with Gasteiger partial charge in [0, 0.05) is 17.6 Å². The number of nitrogens with zero attached hydrogens (tertiary/aromatic N) is 1. The van der Waals surface area contributed by atoms with Gasteiger partial charge in [0.2, 0.25) is 5.91 Å². The van der Waals surface area contributed by atoms with Crippen LogP contribution in [0.2, 0.25) is 0 Å². The first-order valence-electron chi connectivity index (χ1n) is 8.96. The van der Waals surface area contributed by atoms with Crippen LogP contribution in [0.15, 0.2) is 46.9 Å². The molecule has 1 atom stereocenters. The van der Waals surface area contributed by atoms with Crippen LogP contribution in [-0.2, 0) is 4.79 Å². The Balaban J connectivity index is 2.02. The minimum absolute atomic E-state index is 0.147. The second kappa shape index (κ2) is 9.97. The third-order valence-electron chi connectivity index (χ3n) is 4.08. The summed E-state index contributed by atoms with van der Waals surface area (Å²) in [6.45, 7) is 7.23. The molecule has 2 rings (SSSR count). The molecule has 2 aromatic carbocycles. The van der Waals surface area contributed by atoms with Gasteiger partial charge in [-0.25, -0.2) is 4.39 Å². The molecular weight excluding hydrogens is 411 g/mol. The molecule has 1 unspecified atom stereocenters. The Kier molecular flexibility index (Phi) is 7.95. The highest BCUT2D eigenvalue weighted by Gasteiger charge is 2.18. The Labute approximate surface area is 168 Å². The monoisotopic (exact) mass is 436 g/mol. The average Bonchev–Trinajstić information content (AvgIpc) is 2.57. The number of anilines is 1. The summed E-state index contributed by atoms with van der Waals surface area (Å²) in [6, 6.07) is 11.5. The molecule has 0 heterocycles. The van der Waals surface area contributed by atoms with Crippen molar-refractivity contribution < 1.29 is 14.3 Å². The molecule has 0 aliphatic heterocycles. The minimum atomic E-state index is -0.789. The number of aliphatic hydroxyl groups excluding tert-OH is 1. The molecule has 6 heteroatoms. The molecule has 146 valence electrons. The van der Waals surface area contributed by atoms with E-state index in [-0.39, 0.29) is 18.3 Å². The third kappa shape index (κ3) is 7.05. The van der Waals surface area contributed by atoms with E-state index >= 15 is 0 Å². The molecule has 0 aliphatic rings. The van der Waals surface area contributed by atoms with Crippen LogP contribution >= 0.6 is 15.9 Å². The van der Waals surface area contributed by atoms with Crippen molar-refractivity contribution in [3.05, 3.63) is 63.9 Å². The number of amides is 1. The zero-order valence-corrected chi connectivity index (χ0v) is 17.5. The van der Waals surface area contributed by atoms with Crippen molar-refractivity contribution in [3.8, 4) is 0 Å². The number of aryl methyl sites for hydroxylation is 1. The summed E-state index contributed by atoms with van der Waals surface area (Å²) in [5.74, 6) is -0.149. The second-order valence-corrected chi connectivity index (χ2v) is 8.04. The predicted octanol–water partition coefficient (Wildman–Crippen LogP) is 4.53. The van der Waals surface area contributed by atoms with E-state index in [0.29, 0.717) is 30.3 Å². The quantitative estimate of drug-likeness (QED) is 0.638. The van der Waals surface area contributed by atoms with Crippen LogP contribution in [-0.4, -0.2) is 35.5 Å².